The summed E-state index contributed by atoms with van der Waals surface area (Å²) in [6, 6.07) is 0. The van der Waals surface area contributed by atoms with Gasteiger partial charge in [0.15, 0.2) is 0 Å². The van der Waals surface area contributed by atoms with Crippen molar-refractivity contribution in [1.82, 2.24) is 0 Å². The number of fused-ring (bicyclic) bond motifs is 4. The van der Waals surface area contributed by atoms with Gasteiger partial charge in [0.25, 0.3) is 0 Å². The van der Waals surface area contributed by atoms with Gasteiger partial charge in [0.2, 0.25) is 0 Å². The molecule has 5 saturated carbocycles. The molecule has 36 heavy (non-hydrogen) atoms. The van der Waals surface area contributed by atoms with Crippen LogP contribution in [0.2, 0.25) is 0 Å². The van der Waals surface area contributed by atoms with E-state index in [9.17, 15) is 29.4 Å². The van der Waals surface area contributed by atoms with Crippen LogP contribution >= 0.6 is 0 Å². The Balaban J connectivity index is 0.00000180. The average Bonchev–Trinajstić information content (AvgIpc) is 3.61. The third-order valence-corrected chi connectivity index (χ3v) is 9.81. The summed E-state index contributed by atoms with van der Waals surface area (Å²) in [7, 11) is 0. The third-order valence-electron chi connectivity index (χ3n) is 9.81. The Hall–Kier alpha value is -0.120. The van der Waals surface area contributed by atoms with Crippen LogP contribution in [0.25, 0.3) is 0 Å². The number of hydrogen-bond donors (Lipinski definition) is 0. The predicted molar refractivity (Wildman–Crippen MR) is 113 cm³/mol. The SMILES string of the molecule is O=C([O-])C1C2CCC(C2)C1C(=O)OCC1CCC(COC(=O)C2C3CCC(C3)C2C(=O)[O-])CC1.[Na+].[Na+]. The molecular weight excluding hydrogens is 486 g/mol. The van der Waals surface area contributed by atoms with Crippen molar-refractivity contribution in [1.29, 1.82) is 0 Å². The molecule has 5 fully saturated rings. The summed E-state index contributed by atoms with van der Waals surface area (Å²) in [5.74, 6) is -4.78. The van der Waals surface area contributed by atoms with E-state index in [2.05, 4.69) is 0 Å². The Kier molecular flexibility index (Phi) is 10.8. The van der Waals surface area contributed by atoms with Crippen molar-refractivity contribution in [3.8, 4) is 0 Å². The number of carboxylic acid groups (broad SMARTS) is 2. The molecule has 8 nitrogen and oxygen atoms in total. The molecule has 0 amide bonds. The zero-order valence-corrected chi connectivity index (χ0v) is 25.5. The van der Waals surface area contributed by atoms with Crippen molar-refractivity contribution < 1.29 is 98.0 Å². The molecular formula is C26H34Na2O8. The maximum Gasteiger partial charge on any atom is 1.00 e. The number of ether oxygens (including phenoxy) is 2. The predicted octanol–water partition coefficient (Wildman–Crippen LogP) is -5.29. The molecule has 0 spiro atoms. The van der Waals surface area contributed by atoms with E-state index in [1.807, 2.05) is 0 Å². The molecule has 10 heteroatoms. The Morgan fingerprint density at radius 2 is 0.833 bits per heavy atom. The summed E-state index contributed by atoms with van der Waals surface area (Å²) in [6.45, 7) is 0.606. The fourth-order valence-electron chi connectivity index (χ4n) is 8.10. The Labute approximate surface area is 256 Å². The topological polar surface area (TPSA) is 133 Å². The number of carboxylic acids is 2. The first kappa shape index (κ1) is 30.4. The van der Waals surface area contributed by atoms with E-state index in [0.717, 1.165) is 64.2 Å². The summed E-state index contributed by atoms with van der Waals surface area (Å²) in [4.78, 5) is 48.4. The second kappa shape index (κ2) is 12.8. The van der Waals surface area contributed by atoms with E-state index in [4.69, 9.17) is 9.47 Å². The van der Waals surface area contributed by atoms with E-state index in [-0.39, 0.29) is 107 Å². The zero-order chi connectivity index (χ0) is 24.0. The minimum absolute atomic E-state index is 0. The van der Waals surface area contributed by atoms with E-state index in [1.165, 1.54) is 0 Å². The van der Waals surface area contributed by atoms with Gasteiger partial charge in [0.05, 0.1) is 25.0 Å². The summed E-state index contributed by atoms with van der Waals surface area (Å²) < 4.78 is 11.2. The molecule has 0 aromatic rings. The van der Waals surface area contributed by atoms with Gasteiger partial charge in [-0.3, -0.25) is 9.59 Å². The van der Waals surface area contributed by atoms with Crippen LogP contribution in [0.1, 0.15) is 64.2 Å². The van der Waals surface area contributed by atoms with Crippen LogP contribution in [0.15, 0.2) is 0 Å². The Bertz CT molecular complexity index is 774. The van der Waals surface area contributed by atoms with E-state index < -0.39 is 35.6 Å². The van der Waals surface area contributed by atoms with Gasteiger partial charge in [0, 0.05) is 23.8 Å². The van der Waals surface area contributed by atoms with E-state index >= 15 is 0 Å². The fraction of sp³-hybridized carbons (Fsp3) is 0.846. The number of hydrogen-bond acceptors (Lipinski definition) is 8. The number of carbonyl (C=O) groups is 4. The monoisotopic (exact) mass is 520 g/mol. The average molecular weight is 521 g/mol. The summed E-state index contributed by atoms with van der Waals surface area (Å²) >= 11 is 0. The first-order chi connectivity index (χ1) is 16.3. The molecule has 8 atom stereocenters. The smallest absolute Gasteiger partial charge is 0.550 e. The van der Waals surface area contributed by atoms with Crippen LogP contribution in [0.3, 0.4) is 0 Å². The van der Waals surface area contributed by atoms with Gasteiger partial charge in [0.1, 0.15) is 0 Å². The van der Waals surface area contributed by atoms with Gasteiger partial charge in [-0.05, 0) is 99.7 Å². The van der Waals surface area contributed by atoms with Crippen molar-refractivity contribution in [3.63, 3.8) is 0 Å². The largest absolute Gasteiger partial charge is 1.00 e. The second-order valence-corrected chi connectivity index (χ2v) is 11.6. The zero-order valence-electron chi connectivity index (χ0n) is 21.5. The summed E-state index contributed by atoms with van der Waals surface area (Å²) in [6.07, 6.45) is 8.49. The molecule has 5 rings (SSSR count). The van der Waals surface area contributed by atoms with Crippen LogP contribution in [0.4, 0.5) is 0 Å². The molecule has 5 aliphatic carbocycles. The van der Waals surface area contributed by atoms with Crippen molar-refractivity contribution in [2.45, 2.75) is 64.2 Å². The number of aliphatic carboxylic acids is 2. The van der Waals surface area contributed by atoms with Gasteiger partial charge < -0.3 is 29.3 Å². The summed E-state index contributed by atoms with van der Waals surface area (Å²) in [5.41, 5.74) is 0. The number of rotatable bonds is 8. The Morgan fingerprint density at radius 1 is 0.528 bits per heavy atom. The van der Waals surface area contributed by atoms with Crippen LogP contribution in [-0.2, 0) is 28.7 Å². The van der Waals surface area contributed by atoms with Gasteiger partial charge >= 0.3 is 71.1 Å². The van der Waals surface area contributed by atoms with Gasteiger partial charge in [-0.15, -0.1) is 0 Å². The molecule has 188 valence electrons. The molecule has 5 aliphatic rings. The third kappa shape index (κ3) is 6.04. The van der Waals surface area contributed by atoms with Crippen molar-refractivity contribution in [2.75, 3.05) is 13.2 Å². The van der Waals surface area contributed by atoms with E-state index in [1.54, 1.807) is 0 Å². The van der Waals surface area contributed by atoms with Crippen molar-refractivity contribution >= 4 is 23.9 Å². The normalized spacial score (nSPS) is 40.1. The van der Waals surface area contributed by atoms with Gasteiger partial charge in [-0.1, -0.05) is 0 Å². The fourth-order valence-corrected chi connectivity index (χ4v) is 8.10. The number of esters is 2. The van der Waals surface area contributed by atoms with Crippen LogP contribution in [-0.4, -0.2) is 37.1 Å². The molecule has 0 heterocycles. The maximum atomic E-state index is 12.7. The van der Waals surface area contributed by atoms with Gasteiger partial charge in [-0.2, -0.15) is 0 Å². The van der Waals surface area contributed by atoms with Gasteiger partial charge in [-0.25, -0.2) is 0 Å². The van der Waals surface area contributed by atoms with E-state index in [0.29, 0.717) is 13.2 Å². The maximum absolute atomic E-state index is 12.7. The molecule has 0 N–H and O–H groups in total. The van der Waals surface area contributed by atoms with Crippen molar-refractivity contribution in [3.05, 3.63) is 0 Å². The minimum Gasteiger partial charge on any atom is -0.550 e. The molecule has 0 saturated heterocycles. The summed E-state index contributed by atoms with van der Waals surface area (Å²) in [5, 5.41) is 23.1. The minimum atomic E-state index is -1.12. The molecule has 0 aromatic heterocycles. The van der Waals surface area contributed by atoms with Crippen LogP contribution < -0.4 is 69.3 Å². The molecule has 0 radical (unpaired) electrons. The second-order valence-electron chi connectivity index (χ2n) is 11.6. The first-order valence-corrected chi connectivity index (χ1v) is 13.1. The molecule has 4 bridgehead atoms. The molecule has 8 unspecified atom stereocenters. The standard InChI is InChI=1S/C26H36O8.2Na/c27-23(28)19-15-5-7-17(9-15)21(19)25(31)33-11-13-1-2-14(4-3-13)12-34-26(32)22-18-8-6-16(10-18)20(22)24(29)30;;/h13-22H,1-12H2,(H,27,28)(H,29,30);;/q;2*+1/p-2. The number of carbonyl (C=O) groups excluding carboxylic acids is 4. The first-order valence-electron chi connectivity index (χ1n) is 13.1. The Morgan fingerprint density at radius 3 is 1.14 bits per heavy atom. The quantitative estimate of drug-likeness (QED) is 0.229. The molecule has 0 aliphatic heterocycles. The van der Waals surface area contributed by atoms with Crippen LogP contribution in [0.5, 0.6) is 0 Å². The van der Waals surface area contributed by atoms with Crippen molar-refractivity contribution in [2.24, 2.45) is 59.2 Å². The molecule has 0 aromatic carbocycles. The van der Waals surface area contributed by atoms with Crippen LogP contribution in [0, 0.1) is 59.2 Å².